The fourth-order valence-corrected chi connectivity index (χ4v) is 0.479. The lowest BCUT2D eigenvalue weighted by atomic mass is 10.4. The molecule has 13 heavy (non-hydrogen) atoms. The van der Waals surface area contributed by atoms with E-state index in [0.29, 0.717) is 0 Å². The van der Waals surface area contributed by atoms with Gasteiger partial charge in [-0.1, -0.05) is 13.8 Å². The summed E-state index contributed by atoms with van der Waals surface area (Å²) in [7, 11) is 7.50. The zero-order valence-corrected chi connectivity index (χ0v) is 10.3. The molecule has 0 heterocycles. The molecule has 0 aliphatic rings. The molecule has 0 atom stereocenters. The standard InChI is InChI=1S/C6H15N.2C2H7N/c1-3-5-7-6-4-2;2*1-3-2/h7H,3-6H2,1-2H3;2*3H,1-2H3. The van der Waals surface area contributed by atoms with Crippen LogP contribution in [-0.2, 0) is 0 Å². The lowest BCUT2D eigenvalue weighted by Crippen LogP contribution is -2.14. The minimum Gasteiger partial charge on any atom is -0.323 e. The SMILES string of the molecule is CCCNCCC.CNC.CNC. The summed E-state index contributed by atoms with van der Waals surface area (Å²) in [6.45, 7) is 6.72. The summed E-state index contributed by atoms with van der Waals surface area (Å²) in [5, 5.41) is 8.78. The largest absolute Gasteiger partial charge is 0.323 e. The first-order chi connectivity index (χ1) is 6.24. The molecule has 84 valence electrons. The lowest BCUT2D eigenvalue weighted by molar-refractivity contribution is 0.662. The summed E-state index contributed by atoms with van der Waals surface area (Å²) in [6, 6.07) is 0. The van der Waals surface area contributed by atoms with E-state index in [1.807, 2.05) is 28.2 Å². The highest BCUT2D eigenvalue weighted by molar-refractivity contribution is 4.39. The van der Waals surface area contributed by atoms with Gasteiger partial charge in [-0.2, -0.15) is 0 Å². The molecule has 0 saturated carbocycles. The Morgan fingerprint density at radius 1 is 0.692 bits per heavy atom. The molecule has 3 N–H and O–H groups in total. The molecule has 3 heteroatoms. The average Bonchev–Trinajstić information content (AvgIpc) is 2.08. The number of hydrogen-bond donors (Lipinski definition) is 3. The maximum Gasteiger partial charge on any atom is -0.00516 e. The van der Waals surface area contributed by atoms with Crippen molar-refractivity contribution in [1.29, 1.82) is 0 Å². The molecule has 3 nitrogen and oxygen atoms in total. The zero-order chi connectivity index (χ0) is 10.9. The van der Waals surface area contributed by atoms with Crippen molar-refractivity contribution >= 4 is 0 Å². The van der Waals surface area contributed by atoms with Crippen molar-refractivity contribution in [2.45, 2.75) is 26.7 Å². The van der Waals surface area contributed by atoms with Crippen LogP contribution in [0.15, 0.2) is 0 Å². The van der Waals surface area contributed by atoms with Gasteiger partial charge >= 0.3 is 0 Å². The van der Waals surface area contributed by atoms with Gasteiger partial charge in [0.15, 0.2) is 0 Å². The molecule has 0 unspecified atom stereocenters. The molecule has 0 bridgehead atoms. The third kappa shape index (κ3) is 77.0. The van der Waals surface area contributed by atoms with Gasteiger partial charge in [-0.05, 0) is 54.1 Å². The Labute approximate surface area is 84.7 Å². The summed E-state index contributed by atoms with van der Waals surface area (Å²) in [6.07, 6.45) is 2.50. The van der Waals surface area contributed by atoms with Crippen molar-refractivity contribution < 1.29 is 0 Å². The summed E-state index contributed by atoms with van der Waals surface area (Å²) >= 11 is 0. The van der Waals surface area contributed by atoms with E-state index >= 15 is 0 Å². The van der Waals surface area contributed by atoms with E-state index in [9.17, 15) is 0 Å². The normalized spacial score (nSPS) is 7.85. The Morgan fingerprint density at radius 3 is 1.08 bits per heavy atom. The van der Waals surface area contributed by atoms with Crippen LogP contribution in [0, 0.1) is 0 Å². The van der Waals surface area contributed by atoms with Crippen molar-refractivity contribution in [3.8, 4) is 0 Å². The highest BCUT2D eigenvalue weighted by Crippen LogP contribution is 1.71. The van der Waals surface area contributed by atoms with Gasteiger partial charge < -0.3 is 16.0 Å². The van der Waals surface area contributed by atoms with Gasteiger partial charge in [0.1, 0.15) is 0 Å². The van der Waals surface area contributed by atoms with Crippen molar-refractivity contribution in [2.75, 3.05) is 41.3 Å². The number of rotatable bonds is 4. The predicted molar refractivity (Wildman–Crippen MR) is 63.4 cm³/mol. The van der Waals surface area contributed by atoms with E-state index in [-0.39, 0.29) is 0 Å². The first-order valence-electron chi connectivity index (χ1n) is 5.12. The molecule has 0 rings (SSSR count). The Bertz CT molecular complexity index is 43.4. The van der Waals surface area contributed by atoms with Crippen LogP contribution < -0.4 is 16.0 Å². The van der Waals surface area contributed by atoms with Crippen molar-refractivity contribution in [3.05, 3.63) is 0 Å². The Hall–Kier alpha value is -0.120. The summed E-state index contributed by atoms with van der Waals surface area (Å²) in [5.41, 5.74) is 0. The molecule has 0 aliphatic carbocycles. The molecule has 0 aliphatic heterocycles. The van der Waals surface area contributed by atoms with Gasteiger partial charge in [0.2, 0.25) is 0 Å². The minimum atomic E-state index is 1.17. The Morgan fingerprint density at radius 2 is 0.923 bits per heavy atom. The maximum atomic E-state index is 3.28. The van der Waals surface area contributed by atoms with Crippen LogP contribution in [0.1, 0.15) is 26.7 Å². The summed E-state index contributed by atoms with van der Waals surface area (Å²) in [5.74, 6) is 0. The van der Waals surface area contributed by atoms with Crippen LogP contribution in [0.3, 0.4) is 0 Å². The first kappa shape index (κ1) is 18.6. The van der Waals surface area contributed by atoms with Crippen molar-refractivity contribution in [3.63, 3.8) is 0 Å². The monoisotopic (exact) mass is 191 g/mol. The highest BCUT2D eigenvalue weighted by Gasteiger charge is 1.76. The van der Waals surface area contributed by atoms with Crippen LogP contribution in [0.25, 0.3) is 0 Å². The van der Waals surface area contributed by atoms with E-state index in [4.69, 9.17) is 0 Å². The highest BCUT2D eigenvalue weighted by atomic mass is 14.8. The van der Waals surface area contributed by atoms with Gasteiger partial charge in [-0.15, -0.1) is 0 Å². The number of hydrogen-bond acceptors (Lipinski definition) is 3. The quantitative estimate of drug-likeness (QED) is 0.582. The topological polar surface area (TPSA) is 36.1 Å². The number of nitrogens with one attached hydrogen (secondary N) is 3. The first-order valence-corrected chi connectivity index (χ1v) is 5.12. The van der Waals surface area contributed by atoms with Crippen LogP contribution in [0.4, 0.5) is 0 Å². The molecule has 0 aromatic heterocycles. The molecule has 0 radical (unpaired) electrons. The smallest absolute Gasteiger partial charge is 0.00516 e. The van der Waals surface area contributed by atoms with Crippen molar-refractivity contribution in [2.24, 2.45) is 0 Å². The molecular weight excluding hydrogens is 162 g/mol. The third-order valence-corrected chi connectivity index (χ3v) is 0.854. The van der Waals surface area contributed by atoms with Gasteiger partial charge in [0, 0.05) is 0 Å². The molecule has 0 aromatic rings. The van der Waals surface area contributed by atoms with E-state index < -0.39 is 0 Å². The molecule has 0 spiro atoms. The van der Waals surface area contributed by atoms with E-state index in [1.54, 1.807) is 0 Å². The van der Waals surface area contributed by atoms with E-state index in [0.717, 1.165) is 0 Å². The molecule has 0 fully saturated rings. The zero-order valence-electron chi connectivity index (χ0n) is 10.3. The molecule has 0 aromatic carbocycles. The second-order valence-corrected chi connectivity index (χ2v) is 2.75. The van der Waals surface area contributed by atoms with Crippen LogP contribution >= 0.6 is 0 Å². The minimum absolute atomic E-state index is 1.17. The van der Waals surface area contributed by atoms with Gasteiger partial charge in [-0.25, -0.2) is 0 Å². The second kappa shape index (κ2) is 29.7. The van der Waals surface area contributed by atoms with Crippen molar-refractivity contribution in [1.82, 2.24) is 16.0 Å². The predicted octanol–water partition coefficient (Wildman–Crippen LogP) is 1.07. The summed E-state index contributed by atoms with van der Waals surface area (Å²) < 4.78 is 0. The van der Waals surface area contributed by atoms with E-state index in [1.165, 1.54) is 25.9 Å². The van der Waals surface area contributed by atoms with Crippen LogP contribution in [-0.4, -0.2) is 41.3 Å². The van der Waals surface area contributed by atoms with Crippen LogP contribution in [0.2, 0.25) is 0 Å². The fourth-order valence-electron chi connectivity index (χ4n) is 0.479. The lowest BCUT2D eigenvalue weighted by Gasteiger charge is -1.95. The maximum absolute atomic E-state index is 3.28. The second-order valence-electron chi connectivity index (χ2n) is 2.75. The van der Waals surface area contributed by atoms with Gasteiger partial charge in [0.25, 0.3) is 0 Å². The average molecular weight is 191 g/mol. The Balaban J connectivity index is -0.000000140. The molecule has 0 amide bonds. The van der Waals surface area contributed by atoms with Gasteiger partial charge in [-0.3, -0.25) is 0 Å². The third-order valence-electron chi connectivity index (χ3n) is 0.854. The summed E-state index contributed by atoms with van der Waals surface area (Å²) in [4.78, 5) is 0. The molecular formula is C10H29N3. The van der Waals surface area contributed by atoms with E-state index in [2.05, 4.69) is 29.8 Å². The Kier molecular flexibility index (Phi) is 42.6. The van der Waals surface area contributed by atoms with Crippen LogP contribution in [0.5, 0.6) is 0 Å². The fraction of sp³-hybridized carbons (Fsp3) is 1.00. The van der Waals surface area contributed by atoms with Gasteiger partial charge in [0.05, 0.1) is 0 Å². The molecule has 0 saturated heterocycles.